The van der Waals surface area contributed by atoms with Crippen LogP contribution in [-0.2, 0) is 11.3 Å². The number of H-pyrrole nitrogens is 1. The summed E-state index contributed by atoms with van der Waals surface area (Å²) in [5.41, 5.74) is 0.146. The molecule has 1 aromatic heterocycles. The Hall–Kier alpha value is -2.71. The summed E-state index contributed by atoms with van der Waals surface area (Å²) < 4.78 is 25.6. The molecule has 0 radical (unpaired) electrons. The van der Waals surface area contributed by atoms with Crippen molar-refractivity contribution in [2.45, 2.75) is 39.8 Å². The molecule has 2 aromatic rings. The molecule has 0 atom stereocenters. The molecule has 0 aliphatic carbocycles. The van der Waals surface area contributed by atoms with E-state index in [1.807, 2.05) is 26.8 Å². The second-order valence-electron chi connectivity index (χ2n) is 7.03. The molecule has 8 heteroatoms. The lowest BCUT2D eigenvalue weighted by atomic mass is 9.99. The van der Waals surface area contributed by atoms with E-state index >= 15 is 0 Å². The van der Waals surface area contributed by atoms with Gasteiger partial charge in [-0.1, -0.05) is 13.8 Å². The number of benzene rings is 1. The molecule has 0 fully saturated rings. The number of carboxylic acid groups (broad SMARTS) is 1. The van der Waals surface area contributed by atoms with Crippen LogP contribution in [-0.4, -0.2) is 42.4 Å². The number of carbonyl (C=O) groups is 1. The predicted molar refractivity (Wildman–Crippen MR) is 108 cm³/mol. The standard InChI is InChI=1S/C21H27FN2O5/c1-12(2)23-10-14-9-17(29-7-5-6-28-4)13(3)8-15(14)19-18(22)20(25)16(11-24-19)21(26)27/h8-9,11-12,23H,5-7,10H2,1-4H3,(H,24,25)(H,26,27). The fourth-order valence-corrected chi connectivity index (χ4v) is 2.82. The highest BCUT2D eigenvalue weighted by Gasteiger charge is 2.20. The lowest BCUT2D eigenvalue weighted by Gasteiger charge is -2.17. The Morgan fingerprint density at radius 2 is 2.03 bits per heavy atom. The van der Waals surface area contributed by atoms with Crippen molar-refractivity contribution in [2.75, 3.05) is 20.3 Å². The Bertz CT molecular complexity index is 924. The minimum absolute atomic E-state index is 0.0467. The highest BCUT2D eigenvalue weighted by molar-refractivity contribution is 5.87. The van der Waals surface area contributed by atoms with Crippen LogP contribution in [0.5, 0.6) is 5.75 Å². The van der Waals surface area contributed by atoms with Crippen LogP contribution in [0.2, 0.25) is 0 Å². The molecular weight excluding hydrogens is 379 g/mol. The van der Waals surface area contributed by atoms with Crippen LogP contribution in [0.15, 0.2) is 23.1 Å². The predicted octanol–water partition coefficient (Wildman–Crippen LogP) is 3.10. The van der Waals surface area contributed by atoms with Gasteiger partial charge < -0.3 is 24.9 Å². The van der Waals surface area contributed by atoms with E-state index in [0.29, 0.717) is 31.1 Å². The molecular formula is C21H27FN2O5. The van der Waals surface area contributed by atoms with E-state index in [-0.39, 0.29) is 11.7 Å². The molecule has 0 saturated heterocycles. The number of hydrogen-bond acceptors (Lipinski definition) is 5. The summed E-state index contributed by atoms with van der Waals surface area (Å²) in [4.78, 5) is 25.8. The number of hydrogen-bond donors (Lipinski definition) is 3. The number of ether oxygens (including phenoxy) is 2. The van der Waals surface area contributed by atoms with E-state index in [4.69, 9.17) is 14.6 Å². The van der Waals surface area contributed by atoms with Gasteiger partial charge in [-0.2, -0.15) is 0 Å². The average Bonchev–Trinajstić information content (AvgIpc) is 2.66. The Labute approximate surface area is 168 Å². The fraction of sp³-hybridized carbons (Fsp3) is 0.429. The SMILES string of the molecule is COCCCOc1cc(CNC(C)C)c(-c2[nH]cc(C(=O)O)c(=O)c2F)cc1C. The first-order chi connectivity index (χ1) is 13.8. The molecule has 29 heavy (non-hydrogen) atoms. The third kappa shape index (κ3) is 5.65. The average molecular weight is 406 g/mol. The maximum atomic E-state index is 14.7. The van der Waals surface area contributed by atoms with E-state index in [0.717, 1.165) is 23.7 Å². The number of methoxy groups -OCH3 is 1. The van der Waals surface area contributed by atoms with Crippen LogP contribution in [0.4, 0.5) is 4.39 Å². The van der Waals surface area contributed by atoms with Crippen LogP contribution in [0.25, 0.3) is 11.3 Å². The van der Waals surface area contributed by atoms with Crippen LogP contribution >= 0.6 is 0 Å². The maximum Gasteiger partial charge on any atom is 0.341 e. The molecule has 0 amide bonds. The van der Waals surface area contributed by atoms with Gasteiger partial charge in [-0.05, 0) is 30.2 Å². The van der Waals surface area contributed by atoms with Gasteiger partial charge in [0.25, 0.3) is 0 Å². The summed E-state index contributed by atoms with van der Waals surface area (Å²) in [6, 6.07) is 3.74. The van der Waals surface area contributed by atoms with E-state index < -0.39 is 22.8 Å². The van der Waals surface area contributed by atoms with Crippen molar-refractivity contribution in [3.8, 4) is 17.0 Å². The van der Waals surface area contributed by atoms with Crippen molar-refractivity contribution in [1.29, 1.82) is 0 Å². The van der Waals surface area contributed by atoms with Gasteiger partial charge in [0.05, 0.1) is 12.3 Å². The molecule has 1 heterocycles. The highest BCUT2D eigenvalue weighted by atomic mass is 19.1. The first-order valence-electron chi connectivity index (χ1n) is 9.39. The molecule has 0 aliphatic heterocycles. The number of aromatic carboxylic acids is 1. The van der Waals surface area contributed by atoms with Gasteiger partial charge in [-0.3, -0.25) is 4.79 Å². The Balaban J connectivity index is 2.49. The number of aryl methyl sites for hydroxylation is 1. The Kier molecular flexibility index (Phi) is 7.92. The summed E-state index contributed by atoms with van der Waals surface area (Å²) in [6.07, 6.45) is 1.75. The number of carboxylic acids is 1. The van der Waals surface area contributed by atoms with Crippen LogP contribution in [0, 0.1) is 12.7 Å². The number of rotatable bonds is 10. The lowest BCUT2D eigenvalue weighted by molar-refractivity contribution is 0.0694. The van der Waals surface area contributed by atoms with E-state index in [9.17, 15) is 14.0 Å². The third-order valence-electron chi connectivity index (χ3n) is 4.38. The van der Waals surface area contributed by atoms with Crippen molar-refractivity contribution in [3.05, 3.63) is 51.1 Å². The molecule has 1 aromatic carbocycles. The topological polar surface area (TPSA) is 101 Å². The van der Waals surface area contributed by atoms with Crippen molar-refractivity contribution in [3.63, 3.8) is 0 Å². The zero-order valence-electron chi connectivity index (χ0n) is 17.1. The zero-order chi connectivity index (χ0) is 21.6. The molecule has 0 spiro atoms. The van der Waals surface area contributed by atoms with Gasteiger partial charge in [-0.25, -0.2) is 9.18 Å². The maximum absolute atomic E-state index is 14.7. The van der Waals surface area contributed by atoms with E-state index in [1.165, 1.54) is 0 Å². The van der Waals surface area contributed by atoms with Crippen molar-refractivity contribution in [2.24, 2.45) is 0 Å². The van der Waals surface area contributed by atoms with Crippen LogP contribution < -0.4 is 15.5 Å². The monoisotopic (exact) mass is 406 g/mol. The fourth-order valence-electron chi connectivity index (χ4n) is 2.82. The molecule has 7 nitrogen and oxygen atoms in total. The van der Waals surface area contributed by atoms with Gasteiger partial charge in [0.15, 0.2) is 5.82 Å². The number of pyridine rings is 1. The molecule has 0 saturated carbocycles. The molecule has 0 unspecified atom stereocenters. The molecule has 0 bridgehead atoms. The first-order valence-corrected chi connectivity index (χ1v) is 9.39. The summed E-state index contributed by atoms with van der Waals surface area (Å²) in [5.74, 6) is -1.94. The Morgan fingerprint density at radius 3 is 2.66 bits per heavy atom. The van der Waals surface area contributed by atoms with Crippen molar-refractivity contribution in [1.82, 2.24) is 10.3 Å². The lowest BCUT2D eigenvalue weighted by Crippen LogP contribution is -2.23. The summed E-state index contributed by atoms with van der Waals surface area (Å²) >= 11 is 0. The number of aromatic nitrogens is 1. The first kappa shape index (κ1) is 22.6. The van der Waals surface area contributed by atoms with Gasteiger partial charge in [0, 0.05) is 44.5 Å². The number of nitrogens with one attached hydrogen (secondary N) is 2. The van der Waals surface area contributed by atoms with Gasteiger partial charge in [0.2, 0.25) is 5.43 Å². The minimum Gasteiger partial charge on any atom is -0.493 e. The van der Waals surface area contributed by atoms with Crippen LogP contribution in [0.1, 0.15) is 41.8 Å². The smallest absolute Gasteiger partial charge is 0.341 e. The summed E-state index contributed by atoms with van der Waals surface area (Å²) in [7, 11) is 1.63. The van der Waals surface area contributed by atoms with E-state index in [1.54, 1.807) is 13.2 Å². The van der Waals surface area contributed by atoms with Gasteiger partial charge in [0.1, 0.15) is 11.3 Å². The second-order valence-corrected chi connectivity index (χ2v) is 7.03. The number of halogens is 1. The minimum atomic E-state index is -1.48. The highest BCUT2D eigenvalue weighted by Crippen LogP contribution is 2.31. The third-order valence-corrected chi connectivity index (χ3v) is 4.38. The second kappa shape index (κ2) is 10.2. The molecule has 158 valence electrons. The van der Waals surface area contributed by atoms with E-state index in [2.05, 4.69) is 10.3 Å². The van der Waals surface area contributed by atoms with Crippen molar-refractivity contribution >= 4 is 5.97 Å². The summed E-state index contributed by atoms with van der Waals surface area (Å²) in [5, 5.41) is 12.3. The molecule has 0 aliphatic rings. The zero-order valence-corrected chi connectivity index (χ0v) is 17.1. The largest absolute Gasteiger partial charge is 0.493 e. The number of aromatic amines is 1. The Morgan fingerprint density at radius 1 is 1.31 bits per heavy atom. The normalized spacial score (nSPS) is 11.1. The van der Waals surface area contributed by atoms with Crippen molar-refractivity contribution < 1.29 is 23.8 Å². The summed E-state index contributed by atoms with van der Waals surface area (Å²) in [6.45, 7) is 7.28. The molecule has 2 rings (SSSR count). The molecule has 3 N–H and O–H groups in total. The van der Waals surface area contributed by atoms with Gasteiger partial charge >= 0.3 is 5.97 Å². The van der Waals surface area contributed by atoms with Gasteiger partial charge in [-0.15, -0.1) is 0 Å². The quantitative estimate of drug-likeness (QED) is 0.524. The van der Waals surface area contributed by atoms with Crippen LogP contribution in [0.3, 0.4) is 0 Å².